The smallest absolute Gasteiger partial charge is 0.233 e. The predicted octanol–water partition coefficient (Wildman–Crippen LogP) is 2.87. The number of carbonyl (C=O) groups excluding carboxylic acids is 1. The van der Waals surface area contributed by atoms with E-state index in [1.807, 2.05) is 46.6 Å². The number of amides is 1. The van der Waals surface area contributed by atoms with Crippen LogP contribution in [0.4, 0.5) is 0 Å². The molecule has 2 aromatic heterocycles. The van der Waals surface area contributed by atoms with Crippen molar-refractivity contribution in [3.63, 3.8) is 0 Å². The molecule has 0 radical (unpaired) electrons. The second-order valence-corrected chi connectivity index (χ2v) is 7.39. The number of ether oxygens (including phenoxy) is 1. The van der Waals surface area contributed by atoms with Crippen LogP contribution in [-0.2, 0) is 16.0 Å². The highest BCUT2D eigenvalue weighted by molar-refractivity contribution is 7.99. The average Bonchev–Trinajstić information content (AvgIpc) is 3.11. The molecule has 0 atom stereocenters. The largest absolute Gasteiger partial charge is 0.378 e. The summed E-state index contributed by atoms with van der Waals surface area (Å²) >= 11 is 1.50. The number of fused-ring (bicyclic) bond motifs is 3. The third-order valence-corrected chi connectivity index (χ3v) is 5.81. The number of thioether (sulfide) groups is 1. The van der Waals surface area contributed by atoms with E-state index in [0.717, 1.165) is 28.0 Å². The van der Waals surface area contributed by atoms with E-state index in [2.05, 4.69) is 11.1 Å². The van der Waals surface area contributed by atoms with Crippen molar-refractivity contribution in [3.8, 4) is 6.07 Å². The quantitative estimate of drug-likeness (QED) is 0.651. The van der Waals surface area contributed by atoms with Crippen molar-refractivity contribution >= 4 is 34.3 Å². The summed E-state index contributed by atoms with van der Waals surface area (Å²) in [4.78, 5) is 19.1. The van der Waals surface area contributed by atoms with Crippen LogP contribution in [0.25, 0.3) is 16.7 Å². The highest BCUT2D eigenvalue weighted by atomic mass is 32.2. The maximum absolute atomic E-state index is 12.6. The molecule has 3 heterocycles. The topological polar surface area (TPSA) is 70.6 Å². The van der Waals surface area contributed by atoms with E-state index < -0.39 is 0 Å². The lowest BCUT2D eigenvalue weighted by Crippen LogP contribution is -2.41. The van der Waals surface area contributed by atoms with E-state index in [-0.39, 0.29) is 5.91 Å². The highest BCUT2D eigenvalue weighted by Gasteiger charge is 2.20. The number of benzene rings is 1. The minimum atomic E-state index is 0.114. The molecule has 7 heteroatoms. The zero-order chi connectivity index (χ0) is 18.8. The summed E-state index contributed by atoms with van der Waals surface area (Å²) in [5.74, 6) is 0.472. The molecule has 0 N–H and O–H groups in total. The third kappa shape index (κ3) is 3.27. The summed E-state index contributed by atoms with van der Waals surface area (Å²) in [6.07, 6.45) is 0.744. The zero-order valence-electron chi connectivity index (χ0n) is 15.1. The molecular formula is C20H20N4O2S. The van der Waals surface area contributed by atoms with Crippen molar-refractivity contribution in [2.75, 3.05) is 32.1 Å². The number of hydrogen-bond donors (Lipinski definition) is 0. The van der Waals surface area contributed by atoms with Gasteiger partial charge in [0.15, 0.2) is 5.65 Å². The van der Waals surface area contributed by atoms with Gasteiger partial charge >= 0.3 is 0 Å². The summed E-state index contributed by atoms with van der Waals surface area (Å²) < 4.78 is 7.32. The molecule has 0 spiro atoms. The lowest BCUT2D eigenvalue weighted by molar-refractivity contribution is -0.132. The molecule has 1 aliphatic heterocycles. The Morgan fingerprint density at radius 1 is 1.33 bits per heavy atom. The third-order valence-electron chi connectivity index (χ3n) is 4.82. The fourth-order valence-electron chi connectivity index (χ4n) is 3.39. The number of carbonyl (C=O) groups is 1. The van der Waals surface area contributed by atoms with E-state index >= 15 is 0 Å². The molecule has 138 valence electrons. The molecule has 1 aliphatic rings. The van der Waals surface area contributed by atoms with Crippen LogP contribution in [0.15, 0.2) is 35.4 Å². The summed E-state index contributed by atoms with van der Waals surface area (Å²) in [6.45, 7) is 4.53. The van der Waals surface area contributed by atoms with Crippen molar-refractivity contribution in [3.05, 3.63) is 41.5 Å². The maximum Gasteiger partial charge on any atom is 0.233 e. The van der Waals surface area contributed by atoms with Crippen LogP contribution in [0, 0.1) is 11.3 Å². The summed E-state index contributed by atoms with van der Waals surface area (Å²) in [7, 11) is 0. The van der Waals surface area contributed by atoms with Gasteiger partial charge in [-0.25, -0.2) is 4.98 Å². The van der Waals surface area contributed by atoms with E-state index in [9.17, 15) is 10.1 Å². The fourth-order valence-corrected chi connectivity index (χ4v) is 4.39. The Balaban J connectivity index is 1.75. The molecule has 1 amide bonds. The number of morpholine rings is 1. The van der Waals surface area contributed by atoms with Crippen molar-refractivity contribution in [2.45, 2.75) is 18.4 Å². The van der Waals surface area contributed by atoms with Crippen molar-refractivity contribution in [1.29, 1.82) is 5.26 Å². The Morgan fingerprint density at radius 2 is 2.11 bits per heavy atom. The number of rotatable bonds is 4. The predicted molar refractivity (Wildman–Crippen MR) is 105 cm³/mol. The molecular weight excluding hydrogens is 360 g/mol. The normalized spacial score (nSPS) is 14.6. The molecule has 4 rings (SSSR count). The highest BCUT2D eigenvalue weighted by Crippen LogP contribution is 2.30. The number of nitrogens with zero attached hydrogens (tertiary/aromatic N) is 4. The molecule has 0 aliphatic carbocycles. The van der Waals surface area contributed by atoms with E-state index in [1.165, 1.54) is 11.8 Å². The van der Waals surface area contributed by atoms with Crippen LogP contribution >= 0.6 is 11.8 Å². The molecule has 1 saturated heterocycles. The van der Waals surface area contributed by atoms with Crippen LogP contribution in [0.2, 0.25) is 0 Å². The van der Waals surface area contributed by atoms with Crippen LogP contribution in [0.5, 0.6) is 0 Å². The van der Waals surface area contributed by atoms with Gasteiger partial charge in [0.2, 0.25) is 5.91 Å². The fraction of sp³-hybridized carbons (Fsp3) is 0.350. The Kier molecular flexibility index (Phi) is 5.01. The maximum atomic E-state index is 12.6. The minimum Gasteiger partial charge on any atom is -0.378 e. The van der Waals surface area contributed by atoms with Crippen LogP contribution in [-0.4, -0.2) is 52.2 Å². The Bertz CT molecular complexity index is 1050. The lowest BCUT2D eigenvalue weighted by atomic mass is 10.1. The molecule has 3 aromatic rings. The van der Waals surface area contributed by atoms with Gasteiger partial charge in [-0.15, -0.1) is 0 Å². The SMILES string of the molecule is CCc1cc(SCC(=O)N2CCOCC2)n2c(nc3ccccc32)c1C#N. The van der Waals surface area contributed by atoms with Gasteiger partial charge in [-0.1, -0.05) is 30.8 Å². The minimum absolute atomic E-state index is 0.114. The van der Waals surface area contributed by atoms with E-state index in [1.54, 1.807) is 0 Å². The first kappa shape index (κ1) is 17.8. The molecule has 27 heavy (non-hydrogen) atoms. The monoisotopic (exact) mass is 380 g/mol. The van der Waals surface area contributed by atoms with Gasteiger partial charge in [-0.2, -0.15) is 5.26 Å². The Hall–Kier alpha value is -2.56. The van der Waals surface area contributed by atoms with Crippen LogP contribution in [0.1, 0.15) is 18.1 Å². The van der Waals surface area contributed by atoms with Crippen LogP contribution < -0.4 is 0 Å². The average molecular weight is 380 g/mol. The van der Waals surface area contributed by atoms with Gasteiger partial charge in [-0.3, -0.25) is 9.20 Å². The van der Waals surface area contributed by atoms with Crippen molar-refractivity contribution < 1.29 is 9.53 Å². The van der Waals surface area contributed by atoms with Gasteiger partial charge in [0, 0.05) is 13.1 Å². The number of hydrogen-bond acceptors (Lipinski definition) is 5. The Morgan fingerprint density at radius 3 is 2.85 bits per heavy atom. The molecule has 0 saturated carbocycles. The molecule has 6 nitrogen and oxygen atoms in total. The standard InChI is InChI=1S/C20H20N4O2S/c1-2-14-11-19(27-13-18(25)23-7-9-26-10-8-23)24-17-6-4-3-5-16(17)22-20(24)15(14)12-21/h3-6,11H,2,7-10,13H2,1H3. The Labute approximate surface area is 161 Å². The second kappa shape index (κ2) is 7.59. The second-order valence-electron chi connectivity index (χ2n) is 6.39. The number of aromatic nitrogens is 2. The first-order valence-corrected chi connectivity index (χ1v) is 10.0. The van der Waals surface area contributed by atoms with Gasteiger partial charge in [-0.05, 0) is 30.2 Å². The van der Waals surface area contributed by atoms with E-state index in [0.29, 0.717) is 43.3 Å². The van der Waals surface area contributed by atoms with Gasteiger partial charge in [0.05, 0.1) is 40.6 Å². The van der Waals surface area contributed by atoms with Gasteiger partial charge in [0.25, 0.3) is 0 Å². The van der Waals surface area contributed by atoms with Crippen molar-refractivity contribution in [2.24, 2.45) is 0 Å². The van der Waals surface area contributed by atoms with Gasteiger partial charge < -0.3 is 9.64 Å². The van der Waals surface area contributed by atoms with Gasteiger partial charge in [0.1, 0.15) is 6.07 Å². The molecule has 1 aromatic carbocycles. The summed E-state index contributed by atoms with van der Waals surface area (Å²) in [5.41, 5.74) is 4.04. The molecule has 1 fully saturated rings. The number of imidazole rings is 1. The number of aryl methyl sites for hydroxylation is 1. The number of para-hydroxylation sites is 2. The number of pyridine rings is 1. The molecule has 0 unspecified atom stereocenters. The first-order valence-electron chi connectivity index (χ1n) is 9.04. The molecule has 0 bridgehead atoms. The van der Waals surface area contributed by atoms with E-state index in [4.69, 9.17) is 4.74 Å². The first-order chi connectivity index (χ1) is 13.2. The van der Waals surface area contributed by atoms with Crippen LogP contribution in [0.3, 0.4) is 0 Å². The lowest BCUT2D eigenvalue weighted by Gasteiger charge is -2.26. The zero-order valence-corrected chi connectivity index (χ0v) is 16.0. The van der Waals surface area contributed by atoms with Crippen molar-refractivity contribution in [1.82, 2.24) is 14.3 Å². The summed E-state index contributed by atoms with van der Waals surface area (Å²) in [5, 5.41) is 10.6. The number of nitriles is 1. The summed E-state index contributed by atoms with van der Waals surface area (Å²) in [6, 6.07) is 12.2.